The van der Waals surface area contributed by atoms with Gasteiger partial charge in [-0.05, 0) is 61.4 Å². The third-order valence-corrected chi connectivity index (χ3v) is 9.24. The lowest BCUT2D eigenvalue weighted by molar-refractivity contribution is -0.274. The van der Waals surface area contributed by atoms with Crippen molar-refractivity contribution < 1.29 is 27.2 Å². The summed E-state index contributed by atoms with van der Waals surface area (Å²) in [5.74, 6) is -0.467. The fourth-order valence-corrected chi connectivity index (χ4v) is 7.05. The van der Waals surface area contributed by atoms with Crippen molar-refractivity contribution in [2.75, 3.05) is 13.1 Å². The molecule has 0 spiro atoms. The number of piperidine rings is 1. The first-order valence-corrected chi connectivity index (χ1v) is 14.5. The van der Waals surface area contributed by atoms with Crippen LogP contribution >= 0.6 is 11.6 Å². The Labute approximate surface area is 228 Å². The van der Waals surface area contributed by atoms with Gasteiger partial charge in [0.15, 0.2) is 0 Å². The van der Waals surface area contributed by atoms with Crippen LogP contribution in [0.3, 0.4) is 0 Å². The normalized spacial score (nSPS) is 24.2. The average molecular weight is 579 g/mol. The summed E-state index contributed by atoms with van der Waals surface area (Å²) in [5, 5.41) is 14.3. The van der Waals surface area contributed by atoms with Crippen LogP contribution in [0.2, 0.25) is 5.02 Å². The maximum Gasteiger partial charge on any atom is 0.573 e. The van der Waals surface area contributed by atoms with Gasteiger partial charge < -0.3 is 14.4 Å². The average Bonchev–Trinajstić information content (AvgIpc) is 3.68. The second kappa shape index (κ2) is 9.67. The van der Waals surface area contributed by atoms with Gasteiger partial charge in [0.25, 0.3) is 0 Å². The molecule has 1 saturated heterocycles. The number of hydrogen-bond donors (Lipinski definition) is 3. The van der Waals surface area contributed by atoms with E-state index in [1.807, 2.05) is 42.5 Å². The molecule has 0 bridgehead atoms. The third-order valence-electron chi connectivity index (χ3n) is 7.43. The Morgan fingerprint density at radius 3 is 2.38 bits per heavy atom. The molecule has 2 fully saturated rings. The molecule has 1 saturated carbocycles. The number of para-hydroxylation sites is 1. The van der Waals surface area contributed by atoms with Crippen molar-refractivity contribution >= 4 is 43.3 Å². The minimum atomic E-state index is -4.85. The molecule has 1 aliphatic heterocycles. The Kier molecular flexibility index (Phi) is 6.54. The molecule has 7 nitrogen and oxygen atoms in total. The van der Waals surface area contributed by atoms with Crippen LogP contribution in [0.5, 0.6) is 5.75 Å². The lowest BCUT2D eigenvalue weighted by Crippen LogP contribution is -2.59. The van der Waals surface area contributed by atoms with Crippen LogP contribution < -0.4 is 9.46 Å². The van der Waals surface area contributed by atoms with E-state index in [0.29, 0.717) is 24.2 Å². The Hall–Kier alpha value is -2.83. The van der Waals surface area contributed by atoms with Crippen molar-refractivity contribution in [2.45, 2.75) is 48.3 Å². The van der Waals surface area contributed by atoms with E-state index in [1.54, 1.807) is 0 Å². The minimum absolute atomic E-state index is 0.00387. The Balaban J connectivity index is 1.35. The molecule has 39 heavy (non-hydrogen) atoms. The first kappa shape index (κ1) is 26.4. The highest BCUT2D eigenvalue weighted by Crippen LogP contribution is 2.39. The molecule has 4 atom stereocenters. The quantitative estimate of drug-likeness (QED) is 0.274. The molecule has 3 aromatic carbocycles. The van der Waals surface area contributed by atoms with E-state index in [0.717, 1.165) is 46.8 Å². The summed E-state index contributed by atoms with van der Waals surface area (Å²) in [6.45, 7) is 0.958. The lowest BCUT2D eigenvalue weighted by atomic mass is 9.97. The summed E-state index contributed by atoms with van der Waals surface area (Å²) in [4.78, 5) is 2.25. The number of halogens is 4. The summed E-state index contributed by atoms with van der Waals surface area (Å²) < 4.78 is 68.5. The highest BCUT2D eigenvalue weighted by Gasteiger charge is 2.43. The monoisotopic (exact) mass is 578 g/mol. The van der Waals surface area contributed by atoms with Crippen molar-refractivity contribution in [3.63, 3.8) is 0 Å². The van der Waals surface area contributed by atoms with Gasteiger partial charge in [-0.2, -0.15) is 0 Å². The summed E-state index contributed by atoms with van der Waals surface area (Å²) in [6, 6.07) is 17.1. The number of benzene rings is 3. The molecule has 2 aliphatic rings. The zero-order valence-corrected chi connectivity index (χ0v) is 22.1. The molecule has 6 rings (SSSR count). The van der Waals surface area contributed by atoms with E-state index in [4.69, 9.17) is 16.4 Å². The molecular formula is C27H26ClF3N4O3S. The molecule has 0 amide bonds. The number of nitrogens with one attached hydrogen (secondary N) is 2. The summed E-state index contributed by atoms with van der Waals surface area (Å²) >= 11 is 6.32. The smallest absolute Gasteiger partial charge is 0.406 e. The maximum atomic E-state index is 13.5. The van der Waals surface area contributed by atoms with Gasteiger partial charge in [0.1, 0.15) is 15.7 Å². The Bertz CT molecular complexity index is 1640. The molecule has 4 aromatic rings. The fraction of sp³-hybridized carbons (Fsp3) is 0.333. The van der Waals surface area contributed by atoms with Gasteiger partial charge in [0.05, 0.1) is 23.1 Å². The fourth-order valence-electron chi connectivity index (χ4n) is 5.58. The van der Waals surface area contributed by atoms with E-state index >= 15 is 0 Å². The zero-order chi connectivity index (χ0) is 27.5. The minimum Gasteiger partial charge on any atom is -0.406 e. The Morgan fingerprint density at radius 1 is 1.00 bits per heavy atom. The van der Waals surface area contributed by atoms with Crippen molar-refractivity contribution in [1.29, 1.82) is 4.78 Å². The third kappa shape index (κ3) is 5.21. The molecule has 0 radical (unpaired) electrons. The summed E-state index contributed by atoms with van der Waals surface area (Å²) in [5.41, 5.74) is 1.84. The Morgan fingerprint density at radius 2 is 1.69 bits per heavy atom. The highest BCUT2D eigenvalue weighted by atomic mass is 35.5. The molecule has 206 valence electrons. The number of hydrogen-bond acceptors (Lipinski definition) is 5. The van der Waals surface area contributed by atoms with Crippen molar-refractivity contribution in [3.05, 3.63) is 71.8 Å². The lowest BCUT2D eigenvalue weighted by Gasteiger charge is -2.43. The van der Waals surface area contributed by atoms with Crippen LogP contribution in [0.4, 0.5) is 13.2 Å². The molecule has 2 heterocycles. The largest absolute Gasteiger partial charge is 0.573 e. The predicted molar refractivity (Wildman–Crippen MR) is 143 cm³/mol. The number of fused-ring (bicyclic) bond motifs is 3. The second-order valence-electron chi connectivity index (χ2n) is 10.1. The van der Waals surface area contributed by atoms with E-state index in [9.17, 15) is 22.5 Å². The van der Waals surface area contributed by atoms with Crippen LogP contribution in [0.25, 0.3) is 21.8 Å². The van der Waals surface area contributed by atoms with Gasteiger partial charge in [-0.15, -0.1) is 13.2 Å². The maximum absolute atomic E-state index is 13.5. The topological polar surface area (TPSA) is 90.6 Å². The van der Waals surface area contributed by atoms with Crippen molar-refractivity contribution in [1.82, 2.24) is 14.2 Å². The van der Waals surface area contributed by atoms with Crippen LogP contribution in [0, 0.1) is 4.78 Å². The van der Waals surface area contributed by atoms with E-state index in [1.165, 1.54) is 12.1 Å². The van der Waals surface area contributed by atoms with Crippen molar-refractivity contribution in [2.24, 2.45) is 0 Å². The van der Waals surface area contributed by atoms with Gasteiger partial charge in [-0.3, -0.25) is 4.90 Å². The van der Waals surface area contributed by atoms with Gasteiger partial charge in [0, 0.05) is 46.0 Å². The molecular weight excluding hydrogens is 553 g/mol. The predicted octanol–water partition coefficient (Wildman–Crippen LogP) is 5.71. The molecule has 1 aromatic heterocycles. The number of aliphatic hydroxyl groups excluding tert-OH is 1. The second-order valence-corrected chi connectivity index (χ2v) is 12.3. The zero-order valence-electron chi connectivity index (χ0n) is 20.6. The number of aromatic nitrogens is 1. The van der Waals surface area contributed by atoms with E-state index < -0.39 is 40.2 Å². The number of rotatable bonds is 6. The van der Waals surface area contributed by atoms with Gasteiger partial charge in [-0.1, -0.05) is 29.8 Å². The van der Waals surface area contributed by atoms with E-state index in [-0.39, 0.29) is 4.90 Å². The highest BCUT2D eigenvalue weighted by molar-refractivity contribution is 7.90. The van der Waals surface area contributed by atoms with Crippen LogP contribution in [0.15, 0.2) is 71.6 Å². The van der Waals surface area contributed by atoms with E-state index in [2.05, 4.69) is 18.9 Å². The number of likely N-dealkylation sites (tertiary alicyclic amines) is 1. The number of nitrogens with zero attached hydrogens (tertiary/aromatic N) is 2. The van der Waals surface area contributed by atoms with Gasteiger partial charge >= 0.3 is 6.36 Å². The number of ether oxygens (including phenoxy) is 1. The van der Waals surface area contributed by atoms with Crippen LogP contribution in [0.1, 0.15) is 18.9 Å². The standard InChI is InChI=1S/C27H26ClF3N4O3S/c28-16-5-12-24-21(13-16)20-3-1-2-4-23(20)35(24)25-15-34(17-6-7-17)14-22(26(25)36)33-39(32,37)19-10-8-18(9-11-19)38-27(29,30)31/h1-5,8-13,17,22,25-26,36H,6-7,14-15H2,(H2,32,33,37). The molecule has 1 aliphatic carbocycles. The first-order valence-electron chi connectivity index (χ1n) is 12.5. The van der Waals surface area contributed by atoms with Crippen molar-refractivity contribution in [3.8, 4) is 5.75 Å². The number of alkyl halides is 3. The molecule has 12 heteroatoms. The molecule has 3 N–H and O–H groups in total. The number of aliphatic hydroxyl groups is 1. The first-order chi connectivity index (χ1) is 18.5. The van der Waals surface area contributed by atoms with Crippen LogP contribution in [-0.4, -0.2) is 56.4 Å². The molecule has 4 unspecified atom stereocenters. The van der Waals surface area contributed by atoms with Crippen LogP contribution in [-0.2, 0) is 9.92 Å². The summed E-state index contributed by atoms with van der Waals surface area (Å²) in [7, 11) is -3.67. The van der Waals surface area contributed by atoms with Gasteiger partial charge in [-0.25, -0.2) is 13.7 Å². The summed E-state index contributed by atoms with van der Waals surface area (Å²) in [6.07, 6.45) is -3.81. The SMILES string of the molecule is N=S(=O)(NC1CN(C2CC2)CC(n2c3ccccc3c3cc(Cl)ccc32)C1O)c1ccc(OC(F)(F)F)cc1. The van der Waals surface area contributed by atoms with Gasteiger partial charge in [0.2, 0.25) is 0 Å².